The Morgan fingerprint density at radius 1 is 0.931 bits per heavy atom. The first kappa shape index (κ1) is 19.7. The lowest BCUT2D eigenvalue weighted by molar-refractivity contribution is -0.174. The number of ether oxygens (including phenoxy) is 1. The number of hydroxylamine groups is 2. The molecule has 3 aliphatic heterocycles. The molecule has 1 aromatic rings. The zero-order valence-electron chi connectivity index (χ0n) is 16.4. The molecule has 9 nitrogen and oxygen atoms in total. The van der Waals surface area contributed by atoms with Crippen LogP contribution in [0.15, 0.2) is 24.3 Å². The van der Waals surface area contributed by atoms with Crippen molar-refractivity contribution in [3.05, 3.63) is 29.8 Å². The van der Waals surface area contributed by atoms with Crippen LogP contribution in [0.1, 0.15) is 18.4 Å². The van der Waals surface area contributed by atoms with E-state index in [1.807, 2.05) is 0 Å². The summed E-state index contributed by atoms with van der Waals surface area (Å²) < 4.78 is 5.46. The van der Waals surface area contributed by atoms with Crippen LogP contribution in [0.25, 0.3) is 0 Å². The maximum absolute atomic E-state index is 12.3. The molecule has 29 heavy (non-hydrogen) atoms. The zero-order chi connectivity index (χ0) is 20.2. The van der Waals surface area contributed by atoms with Crippen molar-refractivity contribution in [1.82, 2.24) is 14.9 Å². The van der Waals surface area contributed by atoms with E-state index in [0.717, 1.165) is 32.8 Å². The fourth-order valence-corrected chi connectivity index (χ4v) is 3.88. The third-order valence-electron chi connectivity index (χ3n) is 5.54. The number of carbonyl (C=O) groups is 3. The Hall–Kier alpha value is -2.65. The summed E-state index contributed by atoms with van der Waals surface area (Å²) in [5.41, 5.74) is 2.50. The highest BCUT2D eigenvalue weighted by Gasteiger charge is 2.35. The molecule has 3 heterocycles. The number of piperazine rings is 1. The SMILES string of the molecule is O=C(ON1C(=O)CCC1=O)N1CCN(Cc2ccccc2N2CCOCC2)CC1. The summed E-state index contributed by atoms with van der Waals surface area (Å²) in [6, 6.07) is 8.41. The van der Waals surface area contributed by atoms with Crippen LogP contribution in [0.2, 0.25) is 0 Å². The van der Waals surface area contributed by atoms with Crippen molar-refractivity contribution in [1.29, 1.82) is 0 Å². The minimum absolute atomic E-state index is 0.0996. The van der Waals surface area contributed by atoms with Gasteiger partial charge in [0.2, 0.25) is 0 Å². The van der Waals surface area contributed by atoms with E-state index in [9.17, 15) is 14.4 Å². The van der Waals surface area contributed by atoms with Gasteiger partial charge in [-0.05, 0) is 11.6 Å². The summed E-state index contributed by atoms with van der Waals surface area (Å²) >= 11 is 0. The van der Waals surface area contributed by atoms with Crippen LogP contribution in [0.5, 0.6) is 0 Å². The monoisotopic (exact) mass is 402 g/mol. The number of carbonyl (C=O) groups excluding carboxylic acids is 3. The summed E-state index contributed by atoms with van der Waals surface area (Å²) in [5.74, 6) is -0.914. The number of rotatable bonds is 4. The molecule has 3 fully saturated rings. The van der Waals surface area contributed by atoms with Crippen LogP contribution in [-0.2, 0) is 25.7 Å². The van der Waals surface area contributed by atoms with Crippen molar-refractivity contribution in [3.63, 3.8) is 0 Å². The molecule has 0 atom stereocenters. The quantitative estimate of drug-likeness (QED) is 0.690. The smallest absolute Gasteiger partial charge is 0.378 e. The van der Waals surface area contributed by atoms with Crippen molar-refractivity contribution >= 4 is 23.6 Å². The number of benzene rings is 1. The number of para-hydroxylation sites is 1. The number of hydrogen-bond donors (Lipinski definition) is 0. The normalized spacial score (nSPS) is 21.0. The lowest BCUT2D eigenvalue weighted by Crippen LogP contribution is -2.50. The molecule has 3 saturated heterocycles. The average Bonchev–Trinajstić information content (AvgIpc) is 3.07. The van der Waals surface area contributed by atoms with Gasteiger partial charge in [-0.3, -0.25) is 14.5 Å². The van der Waals surface area contributed by atoms with Gasteiger partial charge >= 0.3 is 6.09 Å². The highest BCUT2D eigenvalue weighted by Crippen LogP contribution is 2.23. The van der Waals surface area contributed by atoms with E-state index in [4.69, 9.17) is 9.57 Å². The fourth-order valence-electron chi connectivity index (χ4n) is 3.88. The Morgan fingerprint density at radius 2 is 1.59 bits per heavy atom. The predicted octanol–water partition coefficient (Wildman–Crippen LogP) is 0.841. The van der Waals surface area contributed by atoms with E-state index >= 15 is 0 Å². The van der Waals surface area contributed by atoms with E-state index in [0.29, 0.717) is 31.2 Å². The van der Waals surface area contributed by atoms with Gasteiger partial charge in [0.25, 0.3) is 11.8 Å². The molecule has 3 amide bonds. The zero-order valence-corrected chi connectivity index (χ0v) is 16.4. The van der Waals surface area contributed by atoms with E-state index in [2.05, 4.69) is 34.1 Å². The Bertz CT molecular complexity index is 756. The summed E-state index contributed by atoms with van der Waals surface area (Å²) in [7, 11) is 0. The van der Waals surface area contributed by atoms with Gasteiger partial charge < -0.3 is 19.4 Å². The molecule has 0 aromatic heterocycles. The number of nitrogens with zero attached hydrogens (tertiary/aromatic N) is 4. The molecular formula is C20H26N4O5. The highest BCUT2D eigenvalue weighted by molar-refractivity contribution is 6.01. The molecule has 3 aliphatic rings. The lowest BCUT2D eigenvalue weighted by Gasteiger charge is -2.36. The predicted molar refractivity (Wildman–Crippen MR) is 104 cm³/mol. The topological polar surface area (TPSA) is 82.6 Å². The molecule has 0 unspecified atom stereocenters. The third-order valence-corrected chi connectivity index (χ3v) is 5.54. The van der Waals surface area contributed by atoms with E-state index in [1.165, 1.54) is 11.3 Å². The van der Waals surface area contributed by atoms with Crippen LogP contribution in [-0.4, -0.2) is 85.3 Å². The molecule has 0 radical (unpaired) electrons. The van der Waals surface area contributed by atoms with Gasteiger partial charge in [-0.25, -0.2) is 4.79 Å². The molecule has 1 aromatic carbocycles. The van der Waals surface area contributed by atoms with Crippen molar-refractivity contribution in [2.24, 2.45) is 0 Å². The number of anilines is 1. The number of amides is 3. The molecule has 0 aliphatic carbocycles. The van der Waals surface area contributed by atoms with Gasteiger partial charge in [-0.15, -0.1) is 5.06 Å². The standard InChI is InChI=1S/C20H26N4O5/c25-18-5-6-19(26)24(18)29-20(27)23-9-7-21(8-10-23)15-16-3-1-2-4-17(16)22-11-13-28-14-12-22/h1-4H,5-15H2. The minimum atomic E-state index is -0.637. The van der Waals surface area contributed by atoms with Gasteiger partial charge in [0, 0.05) is 64.3 Å². The largest absolute Gasteiger partial charge is 0.434 e. The molecule has 0 N–H and O–H groups in total. The summed E-state index contributed by atoms with van der Waals surface area (Å²) in [5, 5.41) is 0.604. The highest BCUT2D eigenvalue weighted by atomic mass is 16.7. The van der Waals surface area contributed by atoms with Crippen LogP contribution >= 0.6 is 0 Å². The molecule has 0 spiro atoms. The van der Waals surface area contributed by atoms with Crippen LogP contribution in [0, 0.1) is 0 Å². The second-order valence-corrected chi connectivity index (χ2v) is 7.43. The molecule has 0 saturated carbocycles. The Kier molecular flexibility index (Phi) is 5.96. The second-order valence-electron chi connectivity index (χ2n) is 7.43. The Morgan fingerprint density at radius 3 is 2.28 bits per heavy atom. The van der Waals surface area contributed by atoms with Gasteiger partial charge in [0.1, 0.15) is 0 Å². The first-order valence-electron chi connectivity index (χ1n) is 10.1. The van der Waals surface area contributed by atoms with E-state index < -0.39 is 17.9 Å². The number of imide groups is 1. The third kappa shape index (κ3) is 4.51. The van der Waals surface area contributed by atoms with Crippen molar-refractivity contribution in [3.8, 4) is 0 Å². The van der Waals surface area contributed by atoms with Gasteiger partial charge in [0.15, 0.2) is 0 Å². The maximum Gasteiger partial charge on any atom is 0.434 e. The second kappa shape index (κ2) is 8.79. The summed E-state index contributed by atoms with van der Waals surface area (Å²) in [6.07, 6.45) is -0.438. The Balaban J connectivity index is 1.31. The minimum Gasteiger partial charge on any atom is -0.378 e. The van der Waals surface area contributed by atoms with Gasteiger partial charge in [-0.2, -0.15) is 0 Å². The van der Waals surface area contributed by atoms with Crippen molar-refractivity contribution in [2.75, 3.05) is 57.4 Å². The van der Waals surface area contributed by atoms with Crippen molar-refractivity contribution in [2.45, 2.75) is 19.4 Å². The van der Waals surface area contributed by atoms with Crippen molar-refractivity contribution < 1.29 is 24.0 Å². The van der Waals surface area contributed by atoms with Crippen LogP contribution in [0.4, 0.5) is 10.5 Å². The van der Waals surface area contributed by atoms with Gasteiger partial charge in [0.05, 0.1) is 13.2 Å². The first-order chi connectivity index (χ1) is 14.1. The van der Waals surface area contributed by atoms with E-state index in [1.54, 1.807) is 4.90 Å². The first-order valence-corrected chi connectivity index (χ1v) is 10.1. The molecule has 9 heteroatoms. The average molecular weight is 402 g/mol. The number of morpholine rings is 1. The molecule has 0 bridgehead atoms. The van der Waals surface area contributed by atoms with Crippen LogP contribution in [0.3, 0.4) is 0 Å². The fraction of sp³-hybridized carbons (Fsp3) is 0.550. The Labute approximate surface area is 169 Å². The van der Waals surface area contributed by atoms with Crippen LogP contribution < -0.4 is 4.90 Å². The van der Waals surface area contributed by atoms with E-state index in [-0.39, 0.29) is 12.8 Å². The lowest BCUT2D eigenvalue weighted by atomic mass is 10.1. The molecular weight excluding hydrogens is 376 g/mol. The maximum atomic E-state index is 12.3. The van der Waals surface area contributed by atoms with Gasteiger partial charge in [-0.1, -0.05) is 18.2 Å². The number of hydrogen-bond acceptors (Lipinski definition) is 7. The molecule has 156 valence electrons. The summed E-state index contributed by atoms with van der Waals surface area (Å²) in [4.78, 5) is 46.7. The summed E-state index contributed by atoms with van der Waals surface area (Å²) in [6.45, 7) is 6.48. The molecule has 4 rings (SSSR count).